The van der Waals surface area contributed by atoms with Gasteiger partial charge in [0.2, 0.25) is 0 Å². The van der Waals surface area contributed by atoms with Gasteiger partial charge < -0.3 is 9.72 Å². The molecule has 1 saturated heterocycles. The van der Waals surface area contributed by atoms with Gasteiger partial charge in [-0.1, -0.05) is 23.2 Å². The minimum absolute atomic E-state index is 0.0680. The maximum Gasteiger partial charge on any atom is 0.255 e. The van der Waals surface area contributed by atoms with Crippen molar-refractivity contribution in [3.8, 4) is 5.75 Å². The lowest BCUT2D eigenvalue weighted by atomic mass is 10.1. The van der Waals surface area contributed by atoms with Crippen LogP contribution in [0.5, 0.6) is 5.75 Å². The Morgan fingerprint density at radius 3 is 2.54 bits per heavy atom. The fourth-order valence-electron chi connectivity index (χ4n) is 3.78. The van der Waals surface area contributed by atoms with Crippen molar-refractivity contribution in [3.63, 3.8) is 0 Å². The van der Waals surface area contributed by atoms with Gasteiger partial charge in [0.1, 0.15) is 11.9 Å². The van der Waals surface area contributed by atoms with E-state index < -0.39 is 0 Å². The quantitative estimate of drug-likeness (QED) is 0.636. The summed E-state index contributed by atoms with van der Waals surface area (Å²) in [5.41, 5.74) is 2.05. The molecule has 28 heavy (non-hydrogen) atoms. The Morgan fingerprint density at radius 2 is 1.82 bits per heavy atom. The first-order chi connectivity index (χ1) is 13.5. The van der Waals surface area contributed by atoms with Crippen LogP contribution in [-0.4, -0.2) is 29.1 Å². The van der Waals surface area contributed by atoms with E-state index in [-0.39, 0.29) is 11.7 Å². The van der Waals surface area contributed by atoms with Gasteiger partial charge in [-0.15, -0.1) is 0 Å². The van der Waals surface area contributed by atoms with E-state index in [0.717, 1.165) is 54.7 Å². The molecule has 0 aliphatic carbocycles. The number of aromatic nitrogens is 1. The van der Waals surface area contributed by atoms with Gasteiger partial charge >= 0.3 is 0 Å². The molecule has 0 saturated carbocycles. The van der Waals surface area contributed by atoms with E-state index in [1.165, 1.54) is 0 Å². The summed E-state index contributed by atoms with van der Waals surface area (Å²) in [5, 5.41) is 2.94. The van der Waals surface area contributed by atoms with E-state index in [2.05, 4.69) is 9.88 Å². The molecule has 3 aromatic rings. The van der Waals surface area contributed by atoms with Crippen LogP contribution < -0.4 is 10.3 Å². The minimum atomic E-state index is -0.0680. The number of aromatic amines is 1. The molecule has 146 valence electrons. The Morgan fingerprint density at radius 1 is 1.11 bits per heavy atom. The lowest BCUT2D eigenvalue weighted by Crippen LogP contribution is -2.37. The van der Waals surface area contributed by atoms with Crippen molar-refractivity contribution in [1.29, 1.82) is 0 Å². The summed E-state index contributed by atoms with van der Waals surface area (Å²) in [6, 6.07) is 11.5. The van der Waals surface area contributed by atoms with Crippen LogP contribution in [0.1, 0.15) is 24.0 Å². The molecular formula is C22H22Cl2N2O2. The first-order valence-electron chi connectivity index (χ1n) is 9.44. The van der Waals surface area contributed by atoms with Gasteiger partial charge in [-0.05, 0) is 72.7 Å². The number of nitrogens with zero attached hydrogens (tertiary/aromatic N) is 1. The third kappa shape index (κ3) is 4.35. The average Bonchev–Trinajstić information content (AvgIpc) is 2.64. The van der Waals surface area contributed by atoms with Gasteiger partial charge in [0.25, 0.3) is 5.56 Å². The van der Waals surface area contributed by atoms with Crippen LogP contribution in [0.3, 0.4) is 0 Å². The molecule has 0 radical (unpaired) electrons. The second-order valence-electron chi connectivity index (χ2n) is 7.38. The summed E-state index contributed by atoms with van der Waals surface area (Å²) < 4.78 is 6.29. The largest absolute Gasteiger partial charge is 0.490 e. The number of aryl methyl sites for hydroxylation is 1. The number of hydrogen-bond donors (Lipinski definition) is 1. The second-order valence-corrected chi connectivity index (χ2v) is 8.26. The van der Waals surface area contributed by atoms with E-state index in [0.29, 0.717) is 15.4 Å². The molecule has 1 N–H and O–H groups in total. The number of H-pyrrole nitrogens is 1. The van der Waals surface area contributed by atoms with Crippen LogP contribution in [0.25, 0.3) is 10.8 Å². The molecule has 0 spiro atoms. The molecule has 1 aromatic heterocycles. The van der Waals surface area contributed by atoms with E-state index >= 15 is 0 Å². The first-order valence-corrected chi connectivity index (χ1v) is 10.2. The molecule has 4 nitrogen and oxygen atoms in total. The summed E-state index contributed by atoms with van der Waals surface area (Å²) in [4.78, 5) is 17.1. The van der Waals surface area contributed by atoms with E-state index in [1.54, 1.807) is 12.3 Å². The Bertz CT molecular complexity index is 1040. The number of ether oxygens (including phenoxy) is 1. The molecule has 0 unspecified atom stereocenters. The Hall–Kier alpha value is -2.01. The predicted octanol–water partition coefficient (Wildman–Crippen LogP) is 5.19. The zero-order valence-electron chi connectivity index (χ0n) is 15.7. The fourth-order valence-corrected chi connectivity index (χ4v) is 4.35. The molecule has 6 heteroatoms. The maximum atomic E-state index is 11.9. The van der Waals surface area contributed by atoms with Crippen molar-refractivity contribution < 1.29 is 4.74 Å². The summed E-state index contributed by atoms with van der Waals surface area (Å²) >= 11 is 12.2. The number of likely N-dealkylation sites (tertiary alicyclic amines) is 1. The molecule has 0 bridgehead atoms. The highest BCUT2D eigenvalue weighted by Gasteiger charge is 2.21. The average molecular weight is 417 g/mol. The van der Waals surface area contributed by atoms with Gasteiger partial charge in [-0.3, -0.25) is 9.69 Å². The Labute approximate surface area is 174 Å². The number of benzene rings is 2. The number of pyridine rings is 1. The smallest absolute Gasteiger partial charge is 0.255 e. The standard InChI is InChI=1S/C22H22Cl2N2O2/c1-14-8-20-16(2-5-25-22(20)27)11-21(14)28-19-3-6-26(7-4-19)13-15-9-17(23)12-18(24)10-15/h2,5,8-12,19H,3-4,6-7,13H2,1H3,(H,25,27). The molecule has 4 rings (SSSR count). The van der Waals surface area contributed by atoms with E-state index in [9.17, 15) is 4.79 Å². The van der Waals surface area contributed by atoms with Crippen molar-refractivity contribution in [3.05, 3.63) is 74.1 Å². The van der Waals surface area contributed by atoms with Gasteiger partial charge in [-0.2, -0.15) is 0 Å². The number of halogens is 2. The molecule has 1 fully saturated rings. The van der Waals surface area contributed by atoms with Crippen molar-refractivity contribution in [1.82, 2.24) is 9.88 Å². The molecule has 1 aliphatic rings. The van der Waals surface area contributed by atoms with Crippen molar-refractivity contribution >= 4 is 34.0 Å². The zero-order chi connectivity index (χ0) is 19.7. The topological polar surface area (TPSA) is 45.3 Å². The lowest BCUT2D eigenvalue weighted by molar-refractivity contribution is 0.0964. The van der Waals surface area contributed by atoms with Gasteiger partial charge in [-0.25, -0.2) is 0 Å². The van der Waals surface area contributed by atoms with Crippen molar-refractivity contribution in [2.24, 2.45) is 0 Å². The van der Waals surface area contributed by atoms with E-state index in [1.807, 2.05) is 37.3 Å². The van der Waals surface area contributed by atoms with Gasteiger partial charge in [0.05, 0.1) is 0 Å². The third-order valence-corrected chi connectivity index (χ3v) is 5.66. The highest BCUT2D eigenvalue weighted by Crippen LogP contribution is 2.27. The van der Waals surface area contributed by atoms with Crippen LogP contribution in [-0.2, 0) is 6.54 Å². The summed E-state index contributed by atoms with van der Waals surface area (Å²) in [7, 11) is 0. The predicted molar refractivity (Wildman–Crippen MR) is 115 cm³/mol. The highest BCUT2D eigenvalue weighted by molar-refractivity contribution is 6.34. The first kappa shape index (κ1) is 19.3. The van der Waals surface area contributed by atoms with E-state index in [4.69, 9.17) is 27.9 Å². The summed E-state index contributed by atoms with van der Waals surface area (Å²) in [6.07, 6.45) is 3.77. The van der Waals surface area contributed by atoms with Crippen LogP contribution in [0, 0.1) is 6.92 Å². The number of fused-ring (bicyclic) bond motifs is 1. The van der Waals surface area contributed by atoms with Gasteiger partial charge in [0.15, 0.2) is 0 Å². The molecule has 2 heterocycles. The number of piperidine rings is 1. The Balaban J connectivity index is 1.40. The van der Waals surface area contributed by atoms with Gasteiger partial charge in [0, 0.05) is 41.3 Å². The Kier molecular flexibility index (Phi) is 5.63. The molecule has 0 amide bonds. The van der Waals surface area contributed by atoms with Crippen LogP contribution in [0.2, 0.25) is 10.0 Å². The molecule has 0 atom stereocenters. The zero-order valence-corrected chi connectivity index (χ0v) is 17.2. The normalized spacial score (nSPS) is 15.8. The van der Waals surface area contributed by atoms with Crippen LogP contribution in [0.4, 0.5) is 0 Å². The minimum Gasteiger partial charge on any atom is -0.490 e. The lowest BCUT2D eigenvalue weighted by Gasteiger charge is -2.32. The third-order valence-electron chi connectivity index (χ3n) is 5.23. The van der Waals surface area contributed by atoms with Crippen LogP contribution >= 0.6 is 23.2 Å². The van der Waals surface area contributed by atoms with Crippen molar-refractivity contribution in [2.75, 3.05) is 13.1 Å². The SMILES string of the molecule is Cc1cc2c(=O)[nH]ccc2cc1OC1CCN(Cc2cc(Cl)cc(Cl)c2)CC1. The maximum absolute atomic E-state index is 11.9. The molecule has 1 aliphatic heterocycles. The second kappa shape index (κ2) is 8.16. The molecule has 2 aromatic carbocycles. The fraction of sp³-hybridized carbons (Fsp3) is 0.318. The molecular weight excluding hydrogens is 395 g/mol. The highest BCUT2D eigenvalue weighted by atomic mass is 35.5. The monoisotopic (exact) mass is 416 g/mol. The number of rotatable bonds is 4. The summed E-state index contributed by atoms with van der Waals surface area (Å²) in [5.74, 6) is 0.859. The number of hydrogen-bond acceptors (Lipinski definition) is 3. The number of nitrogens with one attached hydrogen (secondary N) is 1. The van der Waals surface area contributed by atoms with Crippen LogP contribution in [0.15, 0.2) is 47.4 Å². The summed E-state index contributed by atoms with van der Waals surface area (Å²) in [6.45, 7) is 4.74. The van der Waals surface area contributed by atoms with Crippen molar-refractivity contribution in [2.45, 2.75) is 32.4 Å².